The van der Waals surface area contributed by atoms with Crippen LogP contribution in [0.1, 0.15) is 31.9 Å². The summed E-state index contributed by atoms with van der Waals surface area (Å²) >= 11 is 0. The van der Waals surface area contributed by atoms with Gasteiger partial charge in [-0.1, -0.05) is 31.5 Å². The zero-order valence-electron chi connectivity index (χ0n) is 14.0. The van der Waals surface area contributed by atoms with E-state index in [1.165, 1.54) is 17.3 Å². The Morgan fingerprint density at radius 3 is 2.73 bits per heavy atom. The van der Waals surface area contributed by atoms with Gasteiger partial charge in [0.1, 0.15) is 0 Å². The third-order valence-electron chi connectivity index (χ3n) is 3.63. The number of fused-ring (bicyclic) bond motifs is 1. The largest absolute Gasteiger partial charge is 0.403 e. The molecule has 5 heteroatoms. The van der Waals surface area contributed by atoms with E-state index >= 15 is 0 Å². The van der Waals surface area contributed by atoms with Crippen LogP contribution in [0, 0.1) is 6.92 Å². The first kappa shape index (κ1) is 18.0. The van der Waals surface area contributed by atoms with Crippen molar-refractivity contribution in [2.24, 2.45) is 11.5 Å². The Kier molecular flexibility index (Phi) is 6.92. The monoisotopic (exact) mass is 304 g/mol. The quantitative estimate of drug-likeness (QED) is 0.789. The molecule has 0 radical (unpaired) electrons. The molecule has 1 unspecified atom stereocenters. The Morgan fingerprint density at radius 2 is 2.14 bits per heavy atom. The van der Waals surface area contributed by atoms with Gasteiger partial charge in [-0.15, -0.1) is 0 Å². The minimum Gasteiger partial charge on any atom is -0.403 e. The summed E-state index contributed by atoms with van der Waals surface area (Å²) in [5, 5.41) is 3.23. The van der Waals surface area contributed by atoms with Crippen molar-refractivity contribution in [3.63, 3.8) is 0 Å². The fourth-order valence-electron chi connectivity index (χ4n) is 2.59. The summed E-state index contributed by atoms with van der Waals surface area (Å²) in [6.07, 6.45) is 2.37. The van der Waals surface area contributed by atoms with Gasteiger partial charge >= 0.3 is 0 Å². The highest BCUT2D eigenvalue weighted by Gasteiger charge is 2.32. The second-order valence-corrected chi connectivity index (χ2v) is 5.19. The number of hydrogen-bond donors (Lipinski definition) is 3. The SMILES string of the molecule is C/C(=C/N)NCC1Cc2cc(C)ccc2N1C(=O)CN.CC. The molecule has 1 aliphatic rings. The molecule has 0 saturated carbocycles. The molecule has 0 spiro atoms. The van der Waals surface area contributed by atoms with Crippen LogP contribution >= 0.6 is 0 Å². The van der Waals surface area contributed by atoms with E-state index in [-0.39, 0.29) is 18.5 Å². The number of amides is 1. The third kappa shape index (κ3) is 4.01. The molecule has 22 heavy (non-hydrogen) atoms. The molecular formula is C17H28N4O. The van der Waals surface area contributed by atoms with Gasteiger partial charge in [-0.3, -0.25) is 4.79 Å². The van der Waals surface area contributed by atoms with Crippen LogP contribution in [0.15, 0.2) is 30.1 Å². The molecule has 1 amide bonds. The lowest BCUT2D eigenvalue weighted by molar-refractivity contribution is -0.117. The van der Waals surface area contributed by atoms with Crippen LogP contribution in [0.4, 0.5) is 5.69 Å². The predicted molar refractivity (Wildman–Crippen MR) is 92.5 cm³/mol. The Morgan fingerprint density at radius 1 is 1.45 bits per heavy atom. The highest BCUT2D eigenvalue weighted by molar-refractivity contribution is 5.97. The van der Waals surface area contributed by atoms with E-state index in [2.05, 4.69) is 18.3 Å². The molecule has 122 valence electrons. The molecule has 0 aliphatic carbocycles. The Bertz CT molecular complexity index is 539. The second-order valence-electron chi connectivity index (χ2n) is 5.19. The summed E-state index contributed by atoms with van der Waals surface area (Å²) in [5.74, 6) is -0.0474. The number of carbonyl (C=O) groups excluding carboxylic acids is 1. The van der Waals surface area contributed by atoms with Crippen molar-refractivity contribution in [2.75, 3.05) is 18.0 Å². The van der Waals surface area contributed by atoms with E-state index in [1.807, 2.05) is 37.8 Å². The van der Waals surface area contributed by atoms with Gasteiger partial charge in [0.15, 0.2) is 0 Å². The van der Waals surface area contributed by atoms with Crippen LogP contribution < -0.4 is 21.7 Å². The number of benzene rings is 1. The molecule has 1 heterocycles. The van der Waals surface area contributed by atoms with Gasteiger partial charge in [-0.25, -0.2) is 0 Å². The van der Waals surface area contributed by atoms with E-state index in [1.54, 1.807) is 0 Å². The Balaban J connectivity index is 0.00000116. The van der Waals surface area contributed by atoms with Gasteiger partial charge in [-0.05, 0) is 31.9 Å². The lowest BCUT2D eigenvalue weighted by Gasteiger charge is -2.25. The van der Waals surface area contributed by atoms with Gasteiger partial charge in [0.25, 0.3) is 0 Å². The normalized spacial score (nSPS) is 16.7. The maximum Gasteiger partial charge on any atom is 0.241 e. The smallest absolute Gasteiger partial charge is 0.241 e. The van der Waals surface area contributed by atoms with Crippen molar-refractivity contribution in [1.82, 2.24) is 5.32 Å². The molecule has 0 saturated heterocycles. The summed E-state index contributed by atoms with van der Waals surface area (Å²) in [5.41, 5.74) is 15.3. The molecule has 5 nitrogen and oxygen atoms in total. The maximum atomic E-state index is 12.1. The Hall–Kier alpha value is -2.01. The average molecular weight is 304 g/mol. The topological polar surface area (TPSA) is 84.4 Å². The van der Waals surface area contributed by atoms with E-state index in [0.29, 0.717) is 6.54 Å². The first-order valence-electron chi connectivity index (χ1n) is 7.80. The molecule has 1 aromatic carbocycles. The Labute approximate surface area is 133 Å². The van der Waals surface area contributed by atoms with Crippen molar-refractivity contribution in [1.29, 1.82) is 0 Å². The average Bonchev–Trinajstić information content (AvgIpc) is 2.90. The number of nitrogens with two attached hydrogens (primary N) is 2. The molecule has 1 aromatic rings. The minimum atomic E-state index is -0.0474. The molecule has 5 N–H and O–H groups in total. The van der Waals surface area contributed by atoms with Crippen molar-refractivity contribution in [2.45, 2.75) is 40.2 Å². The zero-order chi connectivity index (χ0) is 16.7. The summed E-state index contributed by atoms with van der Waals surface area (Å²) < 4.78 is 0. The third-order valence-corrected chi connectivity index (χ3v) is 3.63. The summed E-state index contributed by atoms with van der Waals surface area (Å²) in [7, 11) is 0. The highest BCUT2D eigenvalue weighted by Crippen LogP contribution is 2.32. The number of allylic oxidation sites excluding steroid dienone is 1. The first-order chi connectivity index (χ1) is 10.6. The molecular weight excluding hydrogens is 276 g/mol. The number of anilines is 1. The fourth-order valence-corrected chi connectivity index (χ4v) is 2.59. The first-order valence-corrected chi connectivity index (χ1v) is 7.80. The predicted octanol–water partition coefficient (Wildman–Crippen LogP) is 1.65. The number of carbonyl (C=O) groups is 1. The van der Waals surface area contributed by atoms with Crippen molar-refractivity contribution < 1.29 is 4.79 Å². The number of nitrogens with zero attached hydrogens (tertiary/aromatic N) is 1. The minimum absolute atomic E-state index is 0.0233. The number of nitrogens with one attached hydrogen (secondary N) is 1. The molecule has 2 rings (SSSR count). The van der Waals surface area contributed by atoms with Gasteiger partial charge in [0, 0.05) is 24.1 Å². The summed E-state index contributed by atoms with van der Waals surface area (Å²) in [6, 6.07) is 6.25. The summed E-state index contributed by atoms with van der Waals surface area (Å²) in [4.78, 5) is 13.9. The number of aryl methyl sites for hydroxylation is 1. The van der Waals surface area contributed by atoms with Crippen LogP contribution in [0.3, 0.4) is 0 Å². The van der Waals surface area contributed by atoms with E-state index in [9.17, 15) is 4.79 Å². The van der Waals surface area contributed by atoms with Crippen molar-refractivity contribution in [3.05, 3.63) is 41.2 Å². The van der Waals surface area contributed by atoms with Gasteiger partial charge in [0.2, 0.25) is 5.91 Å². The maximum absolute atomic E-state index is 12.1. The molecule has 1 atom stereocenters. The van der Waals surface area contributed by atoms with Gasteiger partial charge in [-0.2, -0.15) is 0 Å². The van der Waals surface area contributed by atoms with Crippen molar-refractivity contribution in [3.8, 4) is 0 Å². The molecule has 0 fully saturated rings. The van der Waals surface area contributed by atoms with Crippen LogP contribution in [-0.2, 0) is 11.2 Å². The standard InChI is InChI=1S/C15H22N4O.C2H6/c1-10-3-4-14-12(5-10)6-13(9-18-11(2)7-16)19(14)15(20)8-17;1-2/h3-5,7,13,18H,6,8-9,16-17H2,1-2H3;1-2H3/b11-7-;. The van der Waals surface area contributed by atoms with E-state index in [0.717, 1.165) is 17.8 Å². The van der Waals surface area contributed by atoms with Crippen LogP contribution in [0.2, 0.25) is 0 Å². The molecule has 0 bridgehead atoms. The van der Waals surface area contributed by atoms with Crippen LogP contribution in [0.5, 0.6) is 0 Å². The summed E-state index contributed by atoms with van der Waals surface area (Å²) in [6.45, 7) is 8.65. The van der Waals surface area contributed by atoms with E-state index < -0.39 is 0 Å². The number of hydrogen-bond acceptors (Lipinski definition) is 4. The van der Waals surface area contributed by atoms with E-state index in [4.69, 9.17) is 11.5 Å². The van der Waals surface area contributed by atoms with Crippen molar-refractivity contribution >= 4 is 11.6 Å². The molecule has 0 aromatic heterocycles. The number of rotatable bonds is 4. The van der Waals surface area contributed by atoms with Crippen LogP contribution in [0.25, 0.3) is 0 Å². The van der Waals surface area contributed by atoms with Crippen LogP contribution in [-0.4, -0.2) is 25.0 Å². The molecule has 1 aliphatic heterocycles. The van der Waals surface area contributed by atoms with Gasteiger partial charge < -0.3 is 21.7 Å². The highest BCUT2D eigenvalue weighted by atomic mass is 16.2. The second kappa shape index (κ2) is 8.44. The fraction of sp³-hybridized carbons (Fsp3) is 0.471. The lowest BCUT2D eigenvalue weighted by atomic mass is 10.1. The lowest BCUT2D eigenvalue weighted by Crippen LogP contribution is -2.46. The van der Waals surface area contributed by atoms with Gasteiger partial charge in [0.05, 0.1) is 12.6 Å². The zero-order valence-corrected chi connectivity index (χ0v) is 14.0.